The molecule has 6 nitrogen and oxygen atoms in total. The lowest BCUT2D eigenvalue weighted by Gasteiger charge is -2.29. The van der Waals surface area contributed by atoms with Crippen LogP contribution >= 0.6 is 11.3 Å². The van der Waals surface area contributed by atoms with Gasteiger partial charge in [0.2, 0.25) is 5.91 Å². The molecule has 196 valence electrons. The summed E-state index contributed by atoms with van der Waals surface area (Å²) in [5.74, 6) is -0.494. The number of ether oxygens (including phenoxy) is 1. The molecule has 1 fully saturated rings. The van der Waals surface area contributed by atoms with E-state index < -0.39 is 0 Å². The van der Waals surface area contributed by atoms with Crippen molar-refractivity contribution in [2.24, 2.45) is 0 Å². The second-order valence-electron chi connectivity index (χ2n) is 9.65. The summed E-state index contributed by atoms with van der Waals surface area (Å²) in [6, 6.07) is 13.6. The molecule has 8 heteroatoms. The van der Waals surface area contributed by atoms with E-state index in [1.165, 1.54) is 12.1 Å². The van der Waals surface area contributed by atoms with Crippen molar-refractivity contribution < 1.29 is 18.7 Å². The molecule has 1 N–H and O–H groups in total. The highest BCUT2D eigenvalue weighted by atomic mass is 32.1. The Balaban J connectivity index is 1.53. The van der Waals surface area contributed by atoms with E-state index in [0.29, 0.717) is 31.9 Å². The number of hydrogen-bond acceptors (Lipinski definition) is 4. The highest BCUT2D eigenvalue weighted by Crippen LogP contribution is 2.21. The zero-order valence-corrected chi connectivity index (χ0v) is 22.4. The minimum absolute atomic E-state index is 0.0812. The molecule has 37 heavy (non-hydrogen) atoms. The first kappa shape index (κ1) is 26.8. The number of nitrogens with zero attached hydrogens (tertiary/aromatic N) is 2. The Labute approximate surface area is 222 Å². The molecular weight excluding hydrogens is 489 g/mol. The third kappa shape index (κ3) is 7.40. The molecule has 0 spiro atoms. The second kappa shape index (κ2) is 12.3. The lowest BCUT2D eigenvalue weighted by molar-refractivity contribution is -0.133. The molecule has 0 bridgehead atoms. The molecule has 0 saturated carbocycles. The van der Waals surface area contributed by atoms with E-state index in [4.69, 9.17) is 4.74 Å². The minimum atomic E-state index is -0.332. The molecule has 0 radical (unpaired) electrons. The average molecular weight is 524 g/mol. The minimum Gasteiger partial charge on any atom is -0.376 e. The van der Waals surface area contributed by atoms with Crippen molar-refractivity contribution in [2.75, 3.05) is 25.0 Å². The topological polar surface area (TPSA) is 61.9 Å². The van der Waals surface area contributed by atoms with E-state index >= 15 is 0 Å². The molecule has 2 aromatic carbocycles. The Bertz CT molecular complexity index is 1220. The van der Waals surface area contributed by atoms with Crippen molar-refractivity contribution in [1.82, 2.24) is 9.80 Å². The van der Waals surface area contributed by atoms with Crippen LogP contribution in [0.2, 0.25) is 0 Å². The fraction of sp³-hybridized carbons (Fsp3) is 0.379. The monoisotopic (exact) mass is 523 g/mol. The molecule has 1 atom stereocenters. The van der Waals surface area contributed by atoms with Crippen LogP contribution in [0, 0.1) is 26.6 Å². The summed E-state index contributed by atoms with van der Waals surface area (Å²) in [6.45, 7) is 7.71. The van der Waals surface area contributed by atoms with Gasteiger partial charge >= 0.3 is 6.03 Å². The number of urea groups is 1. The van der Waals surface area contributed by atoms with Crippen LogP contribution in [0.4, 0.5) is 14.9 Å². The number of amides is 3. The van der Waals surface area contributed by atoms with Crippen LogP contribution in [0.15, 0.2) is 53.9 Å². The van der Waals surface area contributed by atoms with Crippen molar-refractivity contribution >= 4 is 29.0 Å². The van der Waals surface area contributed by atoms with Gasteiger partial charge in [-0.3, -0.25) is 4.79 Å². The molecule has 3 aromatic rings. The van der Waals surface area contributed by atoms with E-state index in [2.05, 4.69) is 5.32 Å². The third-order valence-corrected chi connectivity index (χ3v) is 7.77. The maximum Gasteiger partial charge on any atom is 0.322 e. The summed E-state index contributed by atoms with van der Waals surface area (Å²) in [5.41, 5.74) is 4.86. The Morgan fingerprint density at radius 1 is 1.00 bits per heavy atom. The average Bonchev–Trinajstić information content (AvgIpc) is 3.53. The first-order chi connectivity index (χ1) is 17.8. The number of aryl methyl sites for hydroxylation is 3. The molecule has 1 aliphatic rings. The molecule has 2 heterocycles. The predicted octanol–water partition coefficient (Wildman–Crippen LogP) is 6.05. The highest BCUT2D eigenvalue weighted by molar-refractivity contribution is 7.10. The van der Waals surface area contributed by atoms with Crippen LogP contribution in [-0.4, -0.2) is 47.5 Å². The van der Waals surface area contributed by atoms with E-state index in [-0.39, 0.29) is 30.4 Å². The molecule has 0 aliphatic carbocycles. The Morgan fingerprint density at radius 2 is 1.78 bits per heavy atom. The first-order valence-electron chi connectivity index (χ1n) is 12.6. The van der Waals surface area contributed by atoms with E-state index in [0.717, 1.165) is 40.0 Å². The molecule has 1 saturated heterocycles. The van der Waals surface area contributed by atoms with Gasteiger partial charge in [-0.15, -0.1) is 11.3 Å². The largest absolute Gasteiger partial charge is 0.376 e. The van der Waals surface area contributed by atoms with E-state index in [9.17, 15) is 14.0 Å². The molecule has 4 rings (SSSR count). The summed E-state index contributed by atoms with van der Waals surface area (Å²) in [4.78, 5) is 31.4. The SMILES string of the molecule is Cc1ccc(NC(=O)N(CC(=O)N(Cc2ccc(F)cc2)Cc2sccc2C)C[C@@H]2CCCO2)cc1C. The van der Waals surface area contributed by atoms with Gasteiger partial charge in [0, 0.05) is 30.3 Å². The summed E-state index contributed by atoms with van der Waals surface area (Å²) >= 11 is 1.60. The summed E-state index contributed by atoms with van der Waals surface area (Å²) < 4.78 is 19.3. The number of carbonyl (C=O) groups excluding carboxylic acids is 2. The molecule has 1 aromatic heterocycles. The first-order valence-corrected chi connectivity index (χ1v) is 13.5. The van der Waals surface area contributed by atoms with Crippen molar-refractivity contribution in [1.29, 1.82) is 0 Å². The number of benzene rings is 2. The van der Waals surface area contributed by atoms with Crippen LogP contribution in [0.25, 0.3) is 0 Å². The lowest BCUT2D eigenvalue weighted by atomic mass is 10.1. The van der Waals surface area contributed by atoms with Gasteiger partial charge in [-0.2, -0.15) is 0 Å². The van der Waals surface area contributed by atoms with E-state index in [1.807, 2.05) is 50.4 Å². The number of halogens is 1. The predicted molar refractivity (Wildman–Crippen MR) is 145 cm³/mol. The maximum absolute atomic E-state index is 13.7. The maximum atomic E-state index is 13.7. The fourth-order valence-electron chi connectivity index (χ4n) is 4.32. The normalized spacial score (nSPS) is 15.0. The molecule has 1 aliphatic heterocycles. The van der Waals surface area contributed by atoms with Crippen LogP contribution in [0.1, 0.15) is 40.0 Å². The van der Waals surface area contributed by atoms with Gasteiger partial charge in [-0.05, 0) is 91.6 Å². The fourth-order valence-corrected chi connectivity index (χ4v) is 5.24. The number of anilines is 1. The van der Waals surface area contributed by atoms with Gasteiger partial charge in [0.15, 0.2) is 0 Å². The number of rotatable bonds is 9. The number of nitrogens with one attached hydrogen (secondary N) is 1. The van der Waals surface area contributed by atoms with Crippen LogP contribution in [0.5, 0.6) is 0 Å². The highest BCUT2D eigenvalue weighted by Gasteiger charge is 2.27. The van der Waals surface area contributed by atoms with Crippen molar-refractivity contribution in [3.63, 3.8) is 0 Å². The van der Waals surface area contributed by atoms with Gasteiger partial charge in [0.05, 0.1) is 12.6 Å². The van der Waals surface area contributed by atoms with Crippen molar-refractivity contribution in [3.05, 3.63) is 86.9 Å². The van der Waals surface area contributed by atoms with Crippen molar-refractivity contribution in [3.8, 4) is 0 Å². The Kier molecular flexibility index (Phi) is 8.95. The standard InChI is InChI=1S/C29H34FN3O3S/c1-20-6-11-25(15-22(20)3)31-29(35)33(17-26-5-4-13-36-26)19-28(34)32(18-27-21(2)12-14-37-27)16-23-7-9-24(30)10-8-23/h6-12,14-15,26H,4-5,13,16-19H2,1-3H3,(H,31,35)/t26-/m0/s1. The summed E-state index contributed by atoms with van der Waals surface area (Å²) in [7, 11) is 0. The Morgan fingerprint density at radius 3 is 2.43 bits per heavy atom. The number of hydrogen-bond donors (Lipinski definition) is 1. The van der Waals surface area contributed by atoms with E-state index in [1.54, 1.807) is 33.3 Å². The smallest absolute Gasteiger partial charge is 0.322 e. The van der Waals surface area contributed by atoms with Crippen LogP contribution in [-0.2, 0) is 22.6 Å². The van der Waals surface area contributed by atoms with Crippen LogP contribution < -0.4 is 5.32 Å². The summed E-state index contributed by atoms with van der Waals surface area (Å²) in [6.07, 6.45) is 1.71. The van der Waals surface area contributed by atoms with Gasteiger partial charge in [0.25, 0.3) is 0 Å². The third-order valence-electron chi connectivity index (χ3n) is 6.76. The summed E-state index contributed by atoms with van der Waals surface area (Å²) in [5, 5.41) is 4.97. The molecule has 0 unspecified atom stereocenters. The second-order valence-corrected chi connectivity index (χ2v) is 10.6. The van der Waals surface area contributed by atoms with Crippen LogP contribution in [0.3, 0.4) is 0 Å². The molecule has 3 amide bonds. The molecular formula is C29H34FN3O3S. The van der Waals surface area contributed by atoms with Crippen molar-refractivity contribution in [2.45, 2.75) is 52.8 Å². The number of carbonyl (C=O) groups is 2. The quantitative estimate of drug-likeness (QED) is 0.371. The van der Waals surface area contributed by atoms with Gasteiger partial charge in [-0.25, -0.2) is 9.18 Å². The lowest BCUT2D eigenvalue weighted by Crippen LogP contribution is -2.46. The van der Waals surface area contributed by atoms with Gasteiger partial charge in [-0.1, -0.05) is 18.2 Å². The number of thiophene rings is 1. The Hall–Kier alpha value is -3.23. The van der Waals surface area contributed by atoms with Gasteiger partial charge in [0.1, 0.15) is 12.4 Å². The zero-order chi connectivity index (χ0) is 26.4. The zero-order valence-electron chi connectivity index (χ0n) is 21.6. The van der Waals surface area contributed by atoms with Gasteiger partial charge < -0.3 is 19.9 Å².